The number of rotatable bonds is 9. The first-order valence-corrected chi connectivity index (χ1v) is 11.4. The first-order chi connectivity index (χ1) is 14.8. The van der Waals surface area contributed by atoms with Gasteiger partial charge in [0.15, 0.2) is 0 Å². The van der Waals surface area contributed by atoms with Gasteiger partial charge in [-0.1, -0.05) is 26.0 Å². The van der Waals surface area contributed by atoms with Gasteiger partial charge < -0.3 is 14.5 Å². The summed E-state index contributed by atoms with van der Waals surface area (Å²) in [6.45, 7) is 8.59. The van der Waals surface area contributed by atoms with Crippen LogP contribution in [-0.2, 0) is 11.3 Å². The molecule has 0 aromatic heterocycles. The third-order valence-corrected chi connectivity index (χ3v) is 6.57. The van der Waals surface area contributed by atoms with Crippen LogP contribution in [0.1, 0.15) is 38.7 Å². The molecule has 1 aromatic rings. The topological polar surface area (TPSA) is 56.3 Å². The van der Waals surface area contributed by atoms with Crippen LogP contribution in [0.5, 0.6) is 5.75 Å². The zero-order valence-electron chi connectivity index (χ0n) is 19.8. The second-order valence-corrected chi connectivity index (χ2v) is 9.53. The third-order valence-electron chi connectivity index (χ3n) is 6.57. The van der Waals surface area contributed by atoms with Gasteiger partial charge in [-0.25, -0.2) is 4.79 Å². The van der Waals surface area contributed by atoms with Gasteiger partial charge in [0.05, 0.1) is 7.11 Å². The fraction of sp³-hybridized carbons (Fsp3) is 0.667. The van der Waals surface area contributed by atoms with Crippen molar-refractivity contribution >= 4 is 11.9 Å². The highest BCUT2D eigenvalue weighted by molar-refractivity contribution is 6.07. The summed E-state index contributed by atoms with van der Waals surface area (Å²) in [7, 11) is 5.61. The molecule has 2 fully saturated rings. The molecule has 172 valence electrons. The summed E-state index contributed by atoms with van der Waals surface area (Å²) in [5, 5.41) is 0. The molecule has 0 atom stereocenters. The Balaban J connectivity index is 1.70. The minimum Gasteiger partial charge on any atom is -0.497 e. The lowest BCUT2D eigenvalue weighted by Gasteiger charge is -2.42. The van der Waals surface area contributed by atoms with Crippen molar-refractivity contribution in [1.82, 2.24) is 19.6 Å². The Morgan fingerprint density at radius 1 is 1.06 bits per heavy atom. The second kappa shape index (κ2) is 10.0. The van der Waals surface area contributed by atoms with E-state index in [1.54, 1.807) is 7.11 Å². The molecule has 3 rings (SSSR count). The molecule has 31 heavy (non-hydrogen) atoms. The van der Waals surface area contributed by atoms with Gasteiger partial charge in [0.1, 0.15) is 11.3 Å². The predicted molar refractivity (Wildman–Crippen MR) is 122 cm³/mol. The van der Waals surface area contributed by atoms with Crippen LogP contribution >= 0.6 is 0 Å². The van der Waals surface area contributed by atoms with Gasteiger partial charge in [-0.2, -0.15) is 0 Å². The van der Waals surface area contributed by atoms with E-state index in [-0.39, 0.29) is 11.9 Å². The van der Waals surface area contributed by atoms with Crippen LogP contribution < -0.4 is 4.74 Å². The maximum absolute atomic E-state index is 13.5. The van der Waals surface area contributed by atoms with E-state index in [4.69, 9.17) is 4.74 Å². The van der Waals surface area contributed by atoms with E-state index >= 15 is 0 Å². The Morgan fingerprint density at radius 2 is 1.71 bits per heavy atom. The molecule has 1 aromatic carbocycles. The maximum Gasteiger partial charge on any atom is 0.327 e. The summed E-state index contributed by atoms with van der Waals surface area (Å²) in [5.41, 5.74) is 0.559. The lowest BCUT2D eigenvalue weighted by atomic mass is 9.85. The highest BCUT2D eigenvalue weighted by Gasteiger charge is 2.57. The smallest absolute Gasteiger partial charge is 0.327 e. The van der Waals surface area contributed by atoms with Crippen LogP contribution in [0, 0.1) is 5.92 Å². The average Bonchev–Trinajstić information content (AvgIpc) is 2.93. The van der Waals surface area contributed by atoms with E-state index in [9.17, 15) is 9.59 Å². The number of piperidine rings is 1. The fourth-order valence-corrected chi connectivity index (χ4v) is 4.53. The van der Waals surface area contributed by atoms with Gasteiger partial charge in [-0.15, -0.1) is 0 Å². The molecule has 2 heterocycles. The zero-order valence-corrected chi connectivity index (χ0v) is 19.8. The van der Waals surface area contributed by atoms with E-state index in [2.05, 4.69) is 30.9 Å². The molecule has 2 saturated heterocycles. The first kappa shape index (κ1) is 23.5. The molecule has 2 aliphatic rings. The summed E-state index contributed by atoms with van der Waals surface area (Å²) in [4.78, 5) is 34.5. The van der Waals surface area contributed by atoms with Gasteiger partial charge >= 0.3 is 6.03 Å². The largest absolute Gasteiger partial charge is 0.497 e. The van der Waals surface area contributed by atoms with Crippen molar-refractivity contribution in [1.29, 1.82) is 0 Å². The van der Waals surface area contributed by atoms with Crippen LogP contribution in [0.3, 0.4) is 0 Å². The molecule has 0 saturated carbocycles. The van der Waals surface area contributed by atoms with Crippen LogP contribution in [0.25, 0.3) is 0 Å². The molecule has 2 aliphatic heterocycles. The monoisotopic (exact) mass is 430 g/mol. The quantitative estimate of drug-likeness (QED) is 0.564. The van der Waals surface area contributed by atoms with E-state index in [0.717, 1.165) is 31.8 Å². The number of ether oxygens (including phenoxy) is 1. The number of likely N-dealkylation sites (tertiary alicyclic amines) is 1. The number of carbonyl (C=O) groups excluding carboxylic acids is 2. The number of imide groups is 1. The minimum absolute atomic E-state index is 0.00667. The van der Waals surface area contributed by atoms with E-state index < -0.39 is 5.54 Å². The molecule has 0 radical (unpaired) electrons. The molecule has 0 unspecified atom stereocenters. The lowest BCUT2D eigenvalue weighted by molar-refractivity contribution is -0.135. The van der Waals surface area contributed by atoms with Gasteiger partial charge in [0.25, 0.3) is 5.91 Å². The number of urea groups is 1. The summed E-state index contributed by atoms with van der Waals surface area (Å²) in [6, 6.07) is 8.04. The maximum atomic E-state index is 13.5. The van der Waals surface area contributed by atoms with Gasteiger partial charge in [0, 0.05) is 39.3 Å². The first-order valence-electron chi connectivity index (χ1n) is 11.4. The fourth-order valence-electron chi connectivity index (χ4n) is 4.53. The van der Waals surface area contributed by atoms with Crippen LogP contribution in [-0.4, -0.2) is 91.0 Å². The molecule has 7 heteroatoms. The minimum atomic E-state index is -0.672. The normalized spacial score (nSPS) is 19.3. The summed E-state index contributed by atoms with van der Waals surface area (Å²) < 4.78 is 5.24. The lowest BCUT2D eigenvalue weighted by Crippen LogP contribution is -2.56. The average molecular weight is 431 g/mol. The number of amides is 3. The molecular weight excluding hydrogens is 392 g/mol. The standard InChI is InChI=1S/C24H38N4O3/c1-19(2)10-13-28-23(30)27(17-16-25(3)4)22(29)24(28)11-14-26(15-12-24)18-20-6-8-21(31-5)9-7-20/h6-9,19H,10-18H2,1-5H3. The SMILES string of the molecule is COc1ccc(CN2CCC3(CC2)C(=O)N(CCN(C)C)C(=O)N3CCC(C)C)cc1. The van der Waals surface area contributed by atoms with E-state index in [1.165, 1.54) is 10.5 Å². The molecule has 0 bridgehead atoms. The Morgan fingerprint density at radius 3 is 2.26 bits per heavy atom. The van der Waals surface area contributed by atoms with E-state index in [0.29, 0.717) is 38.4 Å². The third kappa shape index (κ3) is 5.21. The highest BCUT2D eigenvalue weighted by Crippen LogP contribution is 2.38. The van der Waals surface area contributed by atoms with Crippen molar-refractivity contribution in [2.75, 3.05) is 53.9 Å². The number of hydrogen-bond acceptors (Lipinski definition) is 5. The summed E-state index contributed by atoms with van der Waals surface area (Å²) >= 11 is 0. The van der Waals surface area contributed by atoms with Gasteiger partial charge in [-0.05, 0) is 57.0 Å². The molecule has 3 amide bonds. The number of hydrogen-bond donors (Lipinski definition) is 0. The predicted octanol–water partition coefficient (Wildman–Crippen LogP) is 2.90. The van der Waals surface area contributed by atoms with Crippen LogP contribution in [0.15, 0.2) is 24.3 Å². The van der Waals surface area contributed by atoms with Crippen molar-refractivity contribution in [3.8, 4) is 5.75 Å². The van der Waals surface area contributed by atoms with Crippen LogP contribution in [0.4, 0.5) is 4.79 Å². The van der Waals surface area contributed by atoms with Gasteiger partial charge in [-0.3, -0.25) is 14.6 Å². The molecule has 0 aliphatic carbocycles. The Kier molecular flexibility index (Phi) is 7.59. The van der Waals surface area contributed by atoms with Gasteiger partial charge in [0.2, 0.25) is 0 Å². The summed E-state index contributed by atoms with van der Waals surface area (Å²) in [5.74, 6) is 1.35. The van der Waals surface area contributed by atoms with Crippen molar-refractivity contribution in [2.24, 2.45) is 5.92 Å². The van der Waals surface area contributed by atoms with E-state index in [1.807, 2.05) is 36.0 Å². The summed E-state index contributed by atoms with van der Waals surface area (Å²) in [6.07, 6.45) is 2.31. The molecule has 0 N–H and O–H groups in total. The Labute approximate surface area is 186 Å². The second-order valence-electron chi connectivity index (χ2n) is 9.53. The van der Waals surface area contributed by atoms with Crippen LogP contribution in [0.2, 0.25) is 0 Å². The zero-order chi connectivity index (χ0) is 22.6. The Hall–Kier alpha value is -2.12. The number of likely N-dealkylation sites (N-methyl/N-ethyl adjacent to an activating group) is 1. The van der Waals surface area contributed by atoms with Crippen molar-refractivity contribution in [3.63, 3.8) is 0 Å². The number of methoxy groups -OCH3 is 1. The van der Waals surface area contributed by atoms with Crippen molar-refractivity contribution in [3.05, 3.63) is 29.8 Å². The molecule has 7 nitrogen and oxygen atoms in total. The number of nitrogens with zero attached hydrogens (tertiary/aromatic N) is 4. The number of carbonyl (C=O) groups is 2. The molecular formula is C24H38N4O3. The van der Waals surface area contributed by atoms with Crippen molar-refractivity contribution < 1.29 is 14.3 Å². The Bertz CT molecular complexity index is 755. The molecule has 1 spiro atoms. The number of benzene rings is 1. The highest BCUT2D eigenvalue weighted by atomic mass is 16.5. The van der Waals surface area contributed by atoms with Crippen molar-refractivity contribution in [2.45, 2.75) is 45.2 Å².